The summed E-state index contributed by atoms with van der Waals surface area (Å²) in [4.78, 5) is 10.6. The first-order valence-corrected chi connectivity index (χ1v) is 6.75. The van der Waals surface area contributed by atoms with E-state index in [0.29, 0.717) is 0 Å². The predicted octanol–water partition coefficient (Wildman–Crippen LogP) is 2.69. The van der Waals surface area contributed by atoms with E-state index in [1.54, 1.807) is 12.5 Å². The molecule has 19 heavy (non-hydrogen) atoms. The van der Waals surface area contributed by atoms with Crippen LogP contribution in [0.15, 0.2) is 42.9 Å². The first-order valence-electron chi connectivity index (χ1n) is 6.75. The average Bonchev–Trinajstić information content (AvgIpc) is 3.01. The zero-order chi connectivity index (χ0) is 12.9. The molecule has 3 rings (SSSR count). The number of nitrogens with one attached hydrogen (secondary N) is 1. The SMILES string of the molecule is c1cc(NCc2ccncn2)cc(N2CCCC2)c1. The fraction of sp³-hybridized carbons (Fsp3) is 0.333. The molecule has 4 heteroatoms. The molecule has 1 aromatic heterocycles. The zero-order valence-corrected chi connectivity index (χ0v) is 10.9. The lowest BCUT2D eigenvalue weighted by Gasteiger charge is -2.18. The summed E-state index contributed by atoms with van der Waals surface area (Å²) in [5, 5.41) is 3.41. The molecule has 1 N–H and O–H groups in total. The molecular formula is C15H18N4. The van der Waals surface area contributed by atoms with Gasteiger partial charge in [-0.2, -0.15) is 0 Å². The fourth-order valence-electron chi connectivity index (χ4n) is 2.40. The second-order valence-electron chi connectivity index (χ2n) is 4.80. The molecule has 0 amide bonds. The summed E-state index contributed by atoms with van der Waals surface area (Å²) in [6.07, 6.45) is 5.96. The van der Waals surface area contributed by atoms with E-state index in [-0.39, 0.29) is 0 Å². The van der Waals surface area contributed by atoms with Crippen molar-refractivity contribution < 1.29 is 0 Å². The van der Waals surface area contributed by atoms with Crippen molar-refractivity contribution in [3.8, 4) is 0 Å². The van der Waals surface area contributed by atoms with Crippen molar-refractivity contribution in [3.05, 3.63) is 48.5 Å². The minimum atomic E-state index is 0.728. The van der Waals surface area contributed by atoms with Gasteiger partial charge >= 0.3 is 0 Å². The van der Waals surface area contributed by atoms with Gasteiger partial charge in [-0.05, 0) is 37.1 Å². The van der Waals surface area contributed by atoms with Gasteiger partial charge in [0.15, 0.2) is 0 Å². The first kappa shape index (κ1) is 12.0. The Morgan fingerprint density at radius 1 is 1.16 bits per heavy atom. The smallest absolute Gasteiger partial charge is 0.115 e. The quantitative estimate of drug-likeness (QED) is 0.910. The maximum Gasteiger partial charge on any atom is 0.115 e. The van der Waals surface area contributed by atoms with Crippen LogP contribution in [0.1, 0.15) is 18.5 Å². The standard InChI is InChI=1S/C15H18N4/c1-2-9-19(8-1)15-5-3-4-13(10-15)17-11-14-6-7-16-12-18-14/h3-7,10,12,17H,1-2,8-9,11H2. The third-order valence-corrected chi connectivity index (χ3v) is 3.43. The van der Waals surface area contributed by atoms with Gasteiger partial charge in [0, 0.05) is 30.7 Å². The number of benzene rings is 1. The van der Waals surface area contributed by atoms with Crippen molar-refractivity contribution in [1.29, 1.82) is 0 Å². The van der Waals surface area contributed by atoms with Crippen LogP contribution >= 0.6 is 0 Å². The molecule has 2 aromatic rings. The van der Waals surface area contributed by atoms with Crippen molar-refractivity contribution in [2.24, 2.45) is 0 Å². The number of hydrogen-bond donors (Lipinski definition) is 1. The summed E-state index contributed by atoms with van der Waals surface area (Å²) in [7, 11) is 0. The van der Waals surface area contributed by atoms with E-state index in [4.69, 9.17) is 0 Å². The molecule has 0 unspecified atom stereocenters. The van der Waals surface area contributed by atoms with Gasteiger partial charge in [-0.25, -0.2) is 9.97 Å². The number of rotatable bonds is 4. The fourth-order valence-corrected chi connectivity index (χ4v) is 2.40. The van der Waals surface area contributed by atoms with Gasteiger partial charge in [0.05, 0.1) is 12.2 Å². The van der Waals surface area contributed by atoms with E-state index in [1.807, 2.05) is 6.07 Å². The van der Waals surface area contributed by atoms with Gasteiger partial charge in [0.1, 0.15) is 6.33 Å². The predicted molar refractivity (Wildman–Crippen MR) is 77.2 cm³/mol. The summed E-state index contributed by atoms with van der Waals surface area (Å²) < 4.78 is 0. The molecule has 1 saturated heterocycles. The molecule has 0 bridgehead atoms. The van der Waals surface area contributed by atoms with E-state index < -0.39 is 0 Å². The van der Waals surface area contributed by atoms with Gasteiger partial charge in [-0.3, -0.25) is 0 Å². The van der Waals surface area contributed by atoms with Crippen LogP contribution in [0.25, 0.3) is 0 Å². The van der Waals surface area contributed by atoms with Crippen LogP contribution in [0.3, 0.4) is 0 Å². The lowest BCUT2D eigenvalue weighted by molar-refractivity contribution is 0.949. The van der Waals surface area contributed by atoms with Crippen molar-refractivity contribution in [1.82, 2.24) is 9.97 Å². The highest BCUT2D eigenvalue weighted by Crippen LogP contribution is 2.23. The molecular weight excluding hydrogens is 236 g/mol. The summed E-state index contributed by atoms with van der Waals surface area (Å²) in [5.74, 6) is 0. The minimum Gasteiger partial charge on any atom is -0.379 e. The molecule has 0 atom stereocenters. The summed E-state index contributed by atoms with van der Waals surface area (Å²) in [6, 6.07) is 10.5. The largest absolute Gasteiger partial charge is 0.379 e. The van der Waals surface area contributed by atoms with Gasteiger partial charge in [-0.15, -0.1) is 0 Å². The molecule has 1 aromatic carbocycles. The summed E-state index contributed by atoms with van der Waals surface area (Å²) in [6.45, 7) is 3.08. The number of hydrogen-bond acceptors (Lipinski definition) is 4. The molecule has 1 aliphatic rings. The first-order chi connectivity index (χ1) is 9.42. The van der Waals surface area contributed by atoms with E-state index in [1.165, 1.54) is 31.6 Å². The highest BCUT2D eigenvalue weighted by atomic mass is 15.1. The van der Waals surface area contributed by atoms with E-state index in [9.17, 15) is 0 Å². The maximum atomic E-state index is 4.21. The molecule has 0 radical (unpaired) electrons. The summed E-state index contributed by atoms with van der Waals surface area (Å²) >= 11 is 0. The molecule has 0 saturated carbocycles. The number of anilines is 2. The Balaban J connectivity index is 1.66. The molecule has 98 valence electrons. The van der Waals surface area contributed by atoms with Crippen molar-refractivity contribution >= 4 is 11.4 Å². The molecule has 1 fully saturated rings. The van der Waals surface area contributed by atoms with Crippen LogP contribution in [0.5, 0.6) is 0 Å². The molecule has 0 aliphatic carbocycles. The Hall–Kier alpha value is -2.10. The second kappa shape index (κ2) is 5.69. The highest BCUT2D eigenvalue weighted by molar-refractivity contribution is 5.58. The number of nitrogens with zero attached hydrogens (tertiary/aromatic N) is 3. The third-order valence-electron chi connectivity index (χ3n) is 3.43. The van der Waals surface area contributed by atoms with Crippen molar-refractivity contribution in [2.75, 3.05) is 23.3 Å². The van der Waals surface area contributed by atoms with Gasteiger partial charge < -0.3 is 10.2 Å². The Kier molecular flexibility index (Phi) is 3.58. The monoisotopic (exact) mass is 254 g/mol. The van der Waals surface area contributed by atoms with E-state index in [2.05, 4.69) is 44.5 Å². The van der Waals surface area contributed by atoms with Crippen molar-refractivity contribution in [3.63, 3.8) is 0 Å². The lowest BCUT2D eigenvalue weighted by Crippen LogP contribution is -2.17. The number of aromatic nitrogens is 2. The average molecular weight is 254 g/mol. The Morgan fingerprint density at radius 2 is 2.05 bits per heavy atom. The Bertz CT molecular complexity index is 521. The summed E-state index contributed by atoms with van der Waals surface area (Å²) in [5.41, 5.74) is 3.45. The Morgan fingerprint density at radius 3 is 2.84 bits per heavy atom. The molecule has 4 nitrogen and oxygen atoms in total. The lowest BCUT2D eigenvalue weighted by atomic mass is 10.2. The van der Waals surface area contributed by atoms with E-state index >= 15 is 0 Å². The molecule has 2 heterocycles. The van der Waals surface area contributed by atoms with Crippen LogP contribution < -0.4 is 10.2 Å². The third kappa shape index (κ3) is 3.02. The van der Waals surface area contributed by atoms with Crippen LogP contribution in [0.2, 0.25) is 0 Å². The zero-order valence-electron chi connectivity index (χ0n) is 10.9. The Labute approximate surface area is 113 Å². The highest BCUT2D eigenvalue weighted by Gasteiger charge is 2.12. The van der Waals surface area contributed by atoms with Crippen LogP contribution in [-0.2, 0) is 6.54 Å². The van der Waals surface area contributed by atoms with Gasteiger partial charge in [-0.1, -0.05) is 6.07 Å². The topological polar surface area (TPSA) is 41.1 Å². The second-order valence-corrected chi connectivity index (χ2v) is 4.80. The normalized spacial score (nSPS) is 14.6. The van der Waals surface area contributed by atoms with E-state index in [0.717, 1.165) is 17.9 Å². The van der Waals surface area contributed by atoms with Gasteiger partial charge in [0.25, 0.3) is 0 Å². The molecule has 1 aliphatic heterocycles. The van der Waals surface area contributed by atoms with Crippen LogP contribution in [-0.4, -0.2) is 23.1 Å². The van der Waals surface area contributed by atoms with Crippen LogP contribution in [0, 0.1) is 0 Å². The van der Waals surface area contributed by atoms with Crippen molar-refractivity contribution in [2.45, 2.75) is 19.4 Å². The molecule has 0 spiro atoms. The minimum absolute atomic E-state index is 0.728. The van der Waals surface area contributed by atoms with Gasteiger partial charge in [0.2, 0.25) is 0 Å². The maximum absolute atomic E-state index is 4.21. The van der Waals surface area contributed by atoms with Crippen LogP contribution in [0.4, 0.5) is 11.4 Å².